The van der Waals surface area contributed by atoms with Crippen molar-refractivity contribution in [3.63, 3.8) is 0 Å². The summed E-state index contributed by atoms with van der Waals surface area (Å²) in [5, 5.41) is 2.98. The van der Waals surface area contributed by atoms with Crippen LogP contribution in [-0.2, 0) is 9.59 Å². The minimum Gasteiger partial charge on any atom is -0.345 e. The molecule has 5 heteroatoms. The maximum atomic E-state index is 13.1. The number of para-hydroxylation sites is 1. The minimum absolute atomic E-state index is 0.198. The summed E-state index contributed by atoms with van der Waals surface area (Å²) in [6.07, 6.45) is 3.22. The number of hydrogen-bond donors (Lipinski definition) is 1. The van der Waals surface area contributed by atoms with Crippen LogP contribution in [-0.4, -0.2) is 17.7 Å². The number of hydrogen-bond acceptors (Lipinski definition) is 3. The van der Waals surface area contributed by atoms with Crippen molar-refractivity contribution in [3.8, 4) is 0 Å². The molecule has 1 aliphatic carbocycles. The molecular weight excluding hydrogens is 364 g/mol. The average molecular weight is 388 g/mol. The summed E-state index contributed by atoms with van der Waals surface area (Å²) in [7, 11) is 0. The summed E-state index contributed by atoms with van der Waals surface area (Å²) in [6, 6.07) is 16.3. The zero-order valence-electron chi connectivity index (χ0n) is 16.6. The molecule has 0 aromatic heterocycles. The lowest BCUT2D eigenvalue weighted by atomic mass is 9.82. The highest BCUT2D eigenvalue weighted by Gasteiger charge is 2.49. The van der Waals surface area contributed by atoms with Crippen molar-refractivity contribution in [2.45, 2.75) is 32.7 Å². The van der Waals surface area contributed by atoms with Crippen molar-refractivity contribution in [2.24, 2.45) is 11.8 Å². The molecule has 2 aliphatic rings. The van der Waals surface area contributed by atoms with E-state index in [0.29, 0.717) is 24.1 Å². The highest BCUT2D eigenvalue weighted by atomic mass is 16.2. The maximum absolute atomic E-state index is 13.1. The van der Waals surface area contributed by atoms with Gasteiger partial charge in [0.15, 0.2) is 0 Å². The fourth-order valence-electron chi connectivity index (χ4n) is 4.23. The van der Waals surface area contributed by atoms with Gasteiger partial charge in [-0.3, -0.25) is 14.4 Å². The molecule has 1 heterocycles. The first-order valence-corrected chi connectivity index (χ1v) is 9.95. The van der Waals surface area contributed by atoms with E-state index in [-0.39, 0.29) is 35.6 Å². The van der Waals surface area contributed by atoms with E-state index < -0.39 is 0 Å². The van der Waals surface area contributed by atoms with Crippen LogP contribution in [0.5, 0.6) is 0 Å². The molecule has 3 amide bonds. The van der Waals surface area contributed by atoms with Gasteiger partial charge in [0.2, 0.25) is 11.8 Å². The fourth-order valence-corrected chi connectivity index (χ4v) is 4.23. The predicted molar refractivity (Wildman–Crippen MR) is 111 cm³/mol. The van der Waals surface area contributed by atoms with Crippen molar-refractivity contribution >= 4 is 23.4 Å². The van der Waals surface area contributed by atoms with Crippen LogP contribution in [0.4, 0.5) is 5.69 Å². The number of rotatable bonds is 4. The summed E-state index contributed by atoms with van der Waals surface area (Å²) in [4.78, 5) is 40.3. The van der Waals surface area contributed by atoms with Crippen LogP contribution in [0.2, 0.25) is 0 Å². The highest BCUT2D eigenvalue weighted by molar-refractivity contribution is 6.24. The van der Waals surface area contributed by atoms with Crippen LogP contribution in [0.15, 0.2) is 66.2 Å². The zero-order chi connectivity index (χ0) is 20.5. The first-order valence-electron chi connectivity index (χ1n) is 9.95. The number of carbonyl (C=O) groups excluding carboxylic acids is 3. The number of amides is 3. The van der Waals surface area contributed by atoms with Crippen molar-refractivity contribution < 1.29 is 14.4 Å². The van der Waals surface area contributed by atoms with Crippen molar-refractivity contribution in [1.29, 1.82) is 0 Å². The Morgan fingerprint density at radius 2 is 1.66 bits per heavy atom. The van der Waals surface area contributed by atoms with Crippen molar-refractivity contribution in [2.75, 3.05) is 4.90 Å². The molecule has 5 nitrogen and oxygen atoms in total. The Hall–Kier alpha value is -3.21. The number of benzene rings is 2. The Morgan fingerprint density at radius 3 is 2.41 bits per heavy atom. The van der Waals surface area contributed by atoms with Crippen molar-refractivity contribution in [1.82, 2.24) is 5.32 Å². The Morgan fingerprint density at radius 1 is 1.00 bits per heavy atom. The number of allylic oxidation sites excluding steroid dienone is 2. The van der Waals surface area contributed by atoms with Gasteiger partial charge in [-0.25, -0.2) is 4.90 Å². The summed E-state index contributed by atoms with van der Waals surface area (Å²) in [5.41, 5.74) is 2.82. The molecule has 0 saturated carbocycles. The van der Waals surface area contributed by atoms with Crippen LogP contribution in [0.1, 0.15) is 48.7 Å². The number of carbonyl (C=O) groups is 3. The number of nitrogens with zero attached hydrogens (tertiary/aromatic N) is 1. The Kier molecular flexibility index (Phi) is 5.05. The third-order valence-electron chi connectivity index (χ3n) is 5.86. The Balaban J connectivity index is 1.61. The lowest BCUT2D eigenvalue weighted by molar-refractivity contribution is -0.122. The first kappa shape index (κ1) is 19.1. The number of fused-ring (bicyclic) bond motifs is 1. The van der Waals surface area contributed by atoms with E-state index in [4.69, 9.17) is 0 Å². The number of nitrogens with one attached hydrogen (secondary N) is 1. The molecule has 4 rings (SSSR count). The van der Waals surface area contributed by atoms with Gasteiger partial charge in [0.1, 0.15) is 0 Å². The molecule has 1 N–H and O–H groups in total. The monoisotopic (exact) mass is 388 g/mol. The number of anilines is 1. The lowest BCUT2D eigenvalue weighted by Crippen LogP contribution is -2.34. The molecule has 0 radical (unpaired) electrons. The summed E-state index contributed by atoms with van der Waals surface area (Å²) >= 11 is 0. The molecule has 29 heavy (non-hydrogen) atoms. The van der Waals surface area contributed by atoms with Crippen LogP contribution in [0, 0.1) is 11.8 Å². The molecule has 2 aromatic carbocycles. The molecule has 1 saturated heterocycles. The largest absolute Gasteiger partial charge is 0.345 e. The van der Waals surface area contributed by atoms with E-state index in [2.05, 4.69) is 5.32 Å². The second kappa shape index (κ2) is 7.66. The number of imide groups is 1. The zero-order valence-corrected chi connectivity index (χ0v) is 16.6. The van der Waals surface area contributed by atoms with Crippen LogP contribution in [0.3, 0.4) is 0 Å². The smallest absolute Gasteiger partial charge is 0.253 e. The SMILES string of the molecule is CC1=CC[C@@H]2C(=O)N(c3ccccc3C(=O)N[C@@H](C)c3ccccc3)C(=O)[C@H]2C1. The van der Waals surface area contributed by atoms with Crippen LogP contribution in [0.25, 0.3) is 0 Å². The van der Waals surface area contributed by atoms with Crippen molar-refractivity contribution in [3.05, 3.63) is 77.4 Å². The molecular formula is C24H24N2O3. The first-order chi connectivity index (χ1) is 14.0. The third kappa shape index (κ3) is 3.48. The molecule has 3 atom stereocenters. The van der Waals surface area contributed by atoms with Gasteiger partial charge in [-0.15, -0.1) is 0 Å². The Bertz CT molecular complexity index is 996. The van der Waals surface area contributed by atoms with Gasteiger partial charge in [-0.05, 0) is 44.4 Å². The summed E-state index contributed by atoms with van der Waals surface area (Å²) in [6.45, 7) is 3.90. The highest BCUT2D eigenvalue weighted by Crippen LogP contribution is 2.40. The minimum atomic E-state index is -0.328. The van der Waals surface area contributed by atoms with Crippen LogP contribution >= 0.6 is 0 Å². The standard InChI is InChI=1S/C24H24N2O3/c1-15-12-13-18-20(14-15)24(29)26(23(18)28)21-11-7-6-10-19(21)22(27)25-16(2)17-8-4-3-5-9-17/h3-12,16,18,20H,13-14H2,1-2H3,(H,25,27)/t16-,18-,20-/m0/s1. The topological polar surface area (TPSA) is 66.5 Å². The Labute approximate surface area is 170 Å². The van der Waals surface area contributed by atoms with E-state index in [0.717, 1.165) is 11.1 Å². The van der Waals surface area contributed by atoms with Gasteiger partial charge in [-0.1, -0.05) is 54.1 Å². The van der Waals surface area contributed by atoms with Crippen LogP contribution < -0.4 is 10.2 Å². The molecule has 0 unspecified atom stereocenters. The molecule has 0 bridgehead atoms. The van der Waals surface area contributed by atoms with E-state index in [1.54, 1.807) is 24.3 Å². The predicted octanol–water partition coefficient (Wildman–Crippen LogP) is 4.02. The molecule has 148 valence electrons. The van der Waals surface area contributed by atoms with E-state index >= 15 is 0 Å². The molecule has 0 spiro atoms. The second-order valence-electron chi connectivity index (χ2n) is 7.84. The molecule has 1 fully saturated rings. The van der Waals surface area contributed by atoms with Gasteiger partial charge < -0.3 is 5.32 Å². The second-order valence-corrected chi connectivity index (χ2v) is 7.84. The van der Waals surface area contributed by atoms with Gasteiger partial charge in [0.25, 0.3) is 5.91 Å². The van der Waals surface area contributed by atoms with Gasteiger partial charge in [0.05, 0.1) is 29.1 Å². The summed E-state index contributed by atoms with van der Waals surface area (Å²) in [5.74, 6) is -1.37. The van der Waals surface area contributed by atoms with E-state index in [9.17, 15) is 14.4 Å². The normalized spacial score (nSPS) is 22.1. The van der Waals surface area contributed by atoms with E-state index in [1.807, 2.05) is 50.3 Å². The average Bonchev–Trinajstić information content (AvgIpc) is 2.98. The third-order valence-corrected chi connectivity index (χ3v) is 5.86. The van der Waals surface area contributed by atoms with Gasteiger partial charge >= 0.3 is 0 Å². The molecule has 1 aliphatic heterocycles. The lowest BCUT2D eigenvalue weighted by Gasteiger charge is -2.20. The quantitative estimate of drug-likeness (QED) is 0.635. The van der Waals surface area contributed by atoms with Gasteiger partial charge in [-0.2, -0.15) is 0 Å². The fraction of sp³-hybridized carbons (Fsp3) is 0.292. The maximum Gasteiger partial charge on any atom is 0.253 e. The summed E-state index contributed by atoms with van der Waals surface area (Å²) < 4.78 is 0. The van der Waals surface area contributed by atoms with Gasteiger partial charge in [0, 0.05) is 0 Å². The van der Waals surface area contributed by atoms with E-state index in [1.165, 1.54) is 4.90 Å². The molecule has 2 aromatic rings.